The highest BCUT2D eigenvalue weighted by molar-refractivity contribution is 5.90. The molecule has 59 heavy (non-hydrogen) atoms. The average molecular weight is 794 g/mol. The molecule has 0 radical (unpaired) electrons. The van der Waals surface area contributed by atoms with Crippen LogP contribution >= 0.6 is 0 Å². The number of ether oxygens (including phenoxy) is 5. The molecule has 0 fully saturated rings. The van der Waals surface area contributed by atoms with Gasteiger partial charge in [-0.05, 0) is 46.9 Å². The van der Waals surface area contributed by atoms with E-state index in [-0.39, 0.29) is 68.4 Å². The van der Waals surface area contributed by atoms with Gasteiger partial charge >= 0.3 is 5.97 Å². The number of rotatable bonds is 19. The lowest BCUT2D eigenvalue weighted by Gasteiger charge is -2.17. The maximum absolute atomic E-state index is 14.7. The first kappa shape index (κ1) is 39.6. The summed E-state index contributed by atoms with van der Waals surface area (Å²) in [6.45, 7) is 0.456. The number of hydrogen-bond acceptors (Lipinski definition) is 11. The van der Waals surface area contributed by atoms with E-state index in [1.54, 1.807) is 30.3 Å². The van der Waals surface area contributed by atoms with Gasteiger partial charge < -0.3 is 32.9 Å². The van der Waals surface area contributed by atoms with Crippen molar-refractivity contribution in [2.45, 2.75) is 39.3 Å². The number of benzene rings is 6. The predicted molar refractivity (Wildman–Crippen MR) is 219 cm³/mol. The maximum atomic E-state index is 14.7. The second kappa shape index (κ2) is 19.5. The van der Waals surface area contributed by atoms with Crippen LogP contribution in [-0.2, 0) is 36.1 Å². The largest absolute Gasteiger partial charge is 0.489 e. The lowest BCUT2D eigenvalue weighted by Crippen LogP contribution is -2.17. The number of fused-ring (bicyclic) bond motifs is 1. The van der Waals surface area contributed by atoms with Crippen LogP contribution in [0.2, 0.25) is 0 Å². The molecule has 0 saturated heterocycles. The number of carbonyl (C=O) groups is 1. The fourth-order valence-corrected chi connectivity index (χ4v) is 6.07. The smallest absolute Gasteiger partial charge is 0.311 e. The average Bonchev–Trinajstić information content (AvgIpc) is 3.27. The molecule has 6 aromatic carbocycles. The quantitative estimate of drug-likeness (QED) is 0.0334. The Morgan fingerprint density at radius 2 is 1.10 bits per heavy atom. The van der Waals surface area contributed by atoms with Crippen molar-refractivity contribution in [1.29, 1.82) is 0 Å². The highest BCUT2D eigenvalue weighted by atomic mass is 16.9. The second-order valence-corrected chi connectivity index (χ2v) is 13.3. The summed E-state index contributed by atoms with van der Waals surface area (Å²) in [5.41, 5.74) is 3.37. The Morgan fingerprint density at radius 3 is 1.64 bits per heavy atom. The number of carbonyl (C=O) groups excluding carboxylic acids is 1. The van der Waals surface area contributed by atoms with Gasteiger partial charge in [0, 0.05) is 24.1 Å². The molecular weight excluding hydrogens is 755 g/mol. The Labute approximate surface area is 339 Å². The topological polar surface area (TPSA) is 146 Å². The van der Waals surface area contributed by atoms with E-state index in [4.69, 9.17) is 28.1 Å². The van der Waals surface area contributed by atoms with E-state index in [0.717, 1.165) is 22.3 Å². The minimum absolute atomic E-state index is 0.0135. The van der Waals surface area contributed by atoms with Crippen LogP contribution < -0.4 is 29.1 Å². The van der Waals surface area contributed by atoms with Crippen molar-refractivity contribution in [3.05, 3.63) is 194 Å². The second-order valence-electron chi connectivity index (χ2n) is 13.3. The zero-order valence-electron chi connectivity index (χ0n) is 31.8. The molecule has 0 spiro atoms. The zero-order valence-corrected chi connectivity index (χ0v) is 31.8. The molecule has 0 bridgehead atoms. The highest BCUT2D eigenvalue weighted by Crippen LogP contribution is 2.40. The molecule has 0 aliphatic carbocycles. The zero-order chi connectivity index (χ0) is 40.8. The fourth-order valence-electron chi connectivity index (χ4n) is 6.07. The van der Waals surface area contributed by atoms with Crippen LogP contribution in [0.15, 0.2) is 161 Å². The predicted octanol–water partition coefficient (Wildman–Crippen LogP) is 9.67. The third-order valence-electron chi connectivity index (χ3n) is 8.99. The number of hydrogen-bond donors (Lipinski definition) is 0. The molecule has 0 aliphatic rings. The molecule has 7 rings (SSSR count). The van der Waals surface area contributed by atoms with Gasteiger partial charge in [-0.2, -0.15) is 0 Å². The number of esters is 1. The first-order valence-corrected chi connectivity index (χ1v) is 18.8. The van der Waals surface area contributed by atoms with Crippen molar-refractivity contribution >= 4 is 16.9 Å². The Morgan fingerprint density at radius 1 is 0.593 bits per heavy atom. The Bertz CT molecular complexity index is 2550. The molecule has 298 valence electrons. The van der Waals surface area contributed by atoms with Crippen LogP contribution in [0.25, 0.3) is 22.3 Å². The van der Waals surface area contributed by atoms with E-state index in [1.165, 1.54) is 0 Å². The molecular formula is C47H39NO11. The van der Waals surface area contributed by atoms with Gasteiger partial charge in [-0.3, -0.25) is 9.59 Å². The third-order valence-corrected chi connectivity index (χ3v) is 8.99. The lowest BCUT2D eigenvalue weighted by atomic mass is 10.1. The normalized spacial score (nSPS) is 10.8. The Balaban J connectivity index is 1.32. The molecule has 1 heterocycles. The minimum atomic E-state index is -0.944. The minimum Gasteiger partial charge on any atom is -0.489 e. The third kappa shape index (κ3) is 10.8. The molecule has 0 amide bonds. The van der Waals surface area contributed by atoms with Crippen LogP contribution in [-0.4, -0.2) is 17.7 Å². The van der Waals surface area contributed by atoms with Gasteiger partial charge in [0.2, 0.25) is 11.2 Å². The first-order valence-electron chi connectivity index (χ1n) is 18.8. The van der Waals surface area contributed by atoms with E-state index in [2.05, 4.69) is 4.84 Å². The standard InChI is InChI=1S/C47H39NO11/c49-43(22-13-25-57-48(51)52)59-47-45(50)44-41(56-32-36-20-11-4-12-21-36)27-38(53-29-33-14-5-1-6-15-33)28-42(44)58-46(47)37-23-24-39(54-30-34-16-7-2-8-17-34)40(26-37)55-31-35-18-9-3-10-19-35/h1-12,14-21,23-24,26-28H,13,22,25,29-32H2. The molecule has 0 saturated carbocycles. The van der Waals surface area contributed by atoms with Crippen molar-refractivity contribution in [3.8, 4) is 40.1 Å². The van der Waals surface area contributed by atoms with E-state index < -0.39 is 22.2 Å². The Kier molecular flexibility index (Phi) is 13.1. The summed E-state index contributed by atoms with van der Waals surface area (Å²) >= 11 is 0. The summed E-state index contributed by atoms with van der Waals surface area (Å²) in [6, 6.07) is 46.5. The molecule has 0 aliphatic heterocycles. The van der Waals surface area contributed by atoms with Gasteiger partial charge in [-0.1, -0.05) is 121 Å². The van der Waals surface area contributed by atoms with Crippen molar-refractivity contribution in [3.63, 3.8) is 0 Å². The van der Waals surface area contributed by atoms with Crippen LogP contribution in [0, 0.1) is 10.1 Å². The van der Waals surface area contributed by atoms with Crippen molar-refractivity contribution in [2.24, 2.45) is 0 Å². The maximum Gasteiger partial charge on any atom is 0.311 e. The van der Waals surface area contributed by atoms with E-state index >= 15 is 0 Å². The summed E-state index contributed by atoms with van der Waals surface area (Å²) < 4.78 is 37.3. The van der Waals surface area contributed by atoms with Crippen LogP contribution in [0.1, 0.15) is 35.1 Å². The van der Waals surface area contributed by atoms with Crippen LogP contribution in [0.3, 0.4) is 0 Å². The molecule has 7 aromatic rings. The molecule has 12 heteroatoms. The van der Waals surface area contributed by atoms with Crippen molar-refractivity contribution in [2.75, 3.05) is 6.61 Å². The first-order chi connectivity index (χ1) is 28.9. The highest BCUT2D eigenvalue weighted by Gasteiger charge is 2.25. The van der Waals surface area contributed by atoms with Crippen LogP contribution in [0.5, 0.6) is 28.7 Å². The summed E-state index contributed by atoms with van der Waals surface area (Å²) in [6.07, 6.45) is -0.321. The van der Waals surface area contributed by atoms with Gasteiger partial charge in [-0.25, -0.2) is 0 Å². The van der Waals surface area contributed by atoms with Crippen molar-refractivity contribution in [1.82, 2.24) is 0 Å². The van der Waals surface area contributed by atoms with Crippen LogP contribution in [0.4, 0.5) is 0 Å². The molecule has 0 atom stereocenters. The molecule has 0 N–H and O–H groups in total. The van der Waals surface area contributed by atoms with Gasteiger partial charge in [0.1, 0.15) is 48.9 Å². The van der Waals surface area contributed by atoms with E-state index in [0.29, 0.717) is 22.8 Å². The van der Waals surface area contributed by atoms with Gasteiger partial charge in [0.25, 0.3) is 5.09 Å². The van der Waals surface area contributed by atoms with E-state index in [9.17, 15) is 19.7 Å². The summed E-state index contributed by atoms with van der Waals surface area (Å²) in [5, 5.41) is 9.75. The SMILES string of the molecule is O=C(CCCO[N+](=O)[O-])Oc1c(-c2ccc(OCc3ccccc3)c(OCc3ccccc3)c2)oc2cc(OCc3ccccc3)cc(OCc3ccccc3)c2c1=O. The summed E-state index contributed by atoms with van der Waals surface area (Å²) in [7, 11) is 0. The monoisotopic (exact) mass is 793 g/mol. The summed E-state index contributed by atoms with van der Waals surface area (Å²) in [5.74, 6) is -0.0467. The fraction of sp³-hybridized carbons (Fsp3) is 0.149. The Hall–Kier alpha value is -7.60. The van der Waals surface area contributed by atoms with Gasteiger partial charge in [-0.15, -0.1) is 10.1 Å². The summed E-state index contributed by atoms with van der Waals surface area (Å²) in [4.78, 5) is 43.0. The molecule has 1 aromatic heterocycles. The van der Waals surface area contributed by atoms with E-state index in [1.807, 2.05) is 121 Å². The van der Waals surface area contributed by atoms with Crippen molar-refractivity contribution < 1.29 is 42.8 Å². The molecule has 12 nitrogen and oxygen atoms in total. The van der Waals surface area contributed by atoms with Gasteiger partial charge in [0.05, 0.1) is 6.61 Å². The molecule has 0 unspecified atom stereocenters. The number of nitrogens with zero attached hydrogens (tertiary/aromatic N) is 1. The lowest BCUT2D eigenvalue weighted by molar-refractivity contribution is -0.757. The van der Waals surface area contributed by atoms with Gasteiger partial charge in [0.15, 0.2) is 17.3 Å².